The molecule has 1 aromatic carbocycles. The number of nitrogens with zero attached hydrogens (tertiary/aromatic N) is 1. The van der Waals surface area contributed by atoms with Crippen molar-refractivity contribution in [3.8, 4) is 0 Å². The molecule has 0 spiro atoms. The number of H-pyrrole nitrogens is 1. The predicted molar refractivity (Wildman–Crippen MR) is 56.9 cm³/mol. The zero-order chi connectivity index (χ0) is 12.8. The lowest BCUT2D eigenvalue weighted by atomic mass is 10.2. The highest BCUT2D eigenvalue weighted by molar-refractivity contribution is 6.32. The fourth-order valence-electron chi connectivity index (χ4n) is 1.44. The molecular formula is C10H8ClF3N2O. The Hall–Kier alpha value is -1.27. The second-order valence-electron chi connectivity index (χ2n) is 3.68. The molecule has 0 saturated heterocycles. The molecule has 2 aromatic rings. The van der Waals surface area contributed by atoms with Crippen molar-refractivity contribution in [3.05, 3.63) is 28.5 Å². The largest absolute Gasteiger partial charge is 0.421 e. The number of benzene rings is 1. The van der Waals surface area contributed by atoms with Crippen LogP contribution in [-0.2, 0) is 0 Å². The van der Waals surface area contributed by atoms with E-state index in [1.807, 2.05) is 0 Å². The number of rotatable bonds is 1. The van der Waals surface area contributed by atoms with Gasteiger partial charge in [-0.15, -0.1) is 0 Å². The molecule has 2 rings (SSSR count). The van der Waals surface area contributed by atoms with Crippen LogP contribution >= 0.6 is 11.6 Å². The summed E-state index contributed by atoms with van der Waals surface area (Å²) in [7, 11) is 0. The molecule has 2 N–H and O–H groups in total. The van der Waals surface area contributed by atoms with Gasteiger partial charge in [-0.3, -0.25) is 0 Å². The molecule has 0 aliphatic carbocycles. The van der Waals surface area contributed by atoms with Crippen molar-refractivity contribution in [2.75, 3.05) is 0 Å². The minimum absolute atomic E-state index is 0.291. The van der Waals surface area contributed by atoms with Gasteiger partial charge < -0.3 is 10.1 Å². The summed E-state index contributed by atoms with van der Waals surface area (Å²) in [5.74, 6) is -0.533. The van der Waals surface area contributed by atoms with Gasteiger partial charge in [-0.2, -0.15) is 13.2 Å². The molecule has 0 saturated carbocycles. The number of halogens is 4. The third-order valence-electron chi connectivity index (χ3n) is 2.35. The third-order valence-corrected chi connectivity index (χ3v) is 2.76. The number of aromatic nitrogens is 2. The van der Waals surface area contributed by atoms with Gasteiger partial charge in [-0.05, 0) is 24.6 Å². The summed E-state index contributed by atoms with van der Waals surface area (Å²) in [5.41, 5.74) is 1.42. The van der Waals surface area contributed by atoms with Crippen LogP contribution in [0.5, 0.6) is 0 Å². The van der Waals surface area contributed by atoms with Crippen LogP contribution in [0.1, 0.15) is 17.5 Å². The normalized spacial score (nSPS) is 14.2. The topological polar surface area (TPSA) is 48.9 Å². The molecule has 0 fully saturated rings. The van der Waals surface area contributed by atoms with Crippen LogP contribution in [0.2, 0.25) is 5.02 Å². The first kappa shape index (κ1) is 12.2. The smallest absolute Gasteiger partial charge is 0.377 e. The van der Waals surface area contributed by atoms with Crippen LogP contribution in [0.4, 0.5) is 13.2 Å². The minimum atomic E-state index is -4.74. The Balaban J connectivity index is 2.52. The first-order valence-electron chi connectivity index (χ1n) is 4.69. The average molecular weight is 265 g/mol. The number of aryl methyl sites for hydroxylation is 1. The highest BCUT2D eigenvalue weighted by Gasteiger charge is 2.41. The number of imidazole rings is 1. The van der Waals surface area contributed by atoms with E-state index in [1.165, 1.54) is 6.07 Å². The van der Waals surface area contributed by atoms with Gasteiger partial charge in [0.25, 0.3) is 0 Å². The number of aliphatic hydroxyl groups excluding tert-OH is 1. The summed E-state index contributed by atoms with van der Waals surface area (Å²) in [5, 5.41) is 9.46. The quantitative estimate of drug-likeness (QED) is 0.831. The number of fused-ring (bicyclic) bond motifs is 1. The Morgan fingerprint density at radius 1 is 1.41 bits per heavy atom. The predicted octanol–water partition coefficient (Wildman–Crippen LogP) is 3.12. The van der Waals surface area contributed by atoms with Gasteiger partial charge in [-0.25, -0.2) is 4.98 Å². The highest BCUT2D eigenvalue weighted by Crippen LogP contribution is 2.32. The molecule has 1 heterocycles. The lowest BCUT2D eigenvalue weighted by Crippen LogP contribution is -2.21. The van der Waals surface area contributed by atoms with Gasteiger partial charge in [0, 0.05) is 5.02 Å². The van der Waals surface area contributed by atoms with Crippen molar-refractivity contribution < 1.29 is 18.3 Å². The molecule has 1 atom stereocenters. The SMILES string of the molecule is Cc1cc2[nH]c(C(O)C(F)(F)F)nc2cc1Cl. The molecule has 0 radical (unpaired) electrons. The molecule has 3 nitrogen and oxygen atoms in total. The fraction of sp³-hybridized carbons (Fsp3) is 0.300. The summed E-state index contributed by atoms with van der Waals surface area (Å²) in [6.07, 6.45) is -7.36. The molecular weight excluding hydrogens is 257 g/mol. The molecule has 0 aliphatic heterocycles. The van der Waals surface area contributed by atoms with Crippen LogP contribution in [0.15, 0.2) is 12.1 Å². The summed E-state index contributed by atoms with van der Waals surface area (Å²) in [6, 6.07) is 3.03. The molecule has 92 valence electrons. The maximum absolute atomic E-state index is 12.3. The Morgan fingerprint density at radius 3 is 2.65 bits per heavy atom. The van der Waals surface area contributed by atoms with Crippen molar-refractivity contribution in [3.63, 3.8) is 0 Å². The third kappa shape index (κ3) is 2.23. The van der Waals surface area contributed by atoms with E-state index in [4.69, 9.17) is 16.7 Å². The van der Waals surface area contributed by atoms with Gasteiger partial charge in [-0.1, -0.05) is 11.6 Å². The van der Waals surface area contributed by atoms with Crippen molar-refractivity contribution in [2.24, 2.45) is 0 Å². The van der Waals surface area contributed by atoms with E-state index in [0.29, 0.717) is 16.1 Å². The van der Waals surface area contributed by atoms with Crippen molar-refractivity contribution in [1.82, 2.24) is 9.97 Å². The zero-order valence-corrected chi connectivity index (χ0v) is 9.39. The van der Waals surface area contributed by atoms with Gasteiger partial charge in [0.2, 0.25) is 6.10 Å². The Kier molecular flexibility index (Phi) is 2.79. The van der Waals surface area contributed by atoms with Crippen molar-refractivity contribution in [2.45, 2.75) is 19.2 Å². The lowest BCUT2D eigenvalue weighted by molar-refractivity contribution is -0.208. The standard InChI is InChI=1S/C10H8ClF3N2O/c1-4-2-6-7(3-5(4)11)16-9(15-6)8(17)10(12,13)14/h2-3,8,17H,1H3,(H,15,16). The van der Waals surface area contributed by atoms with Crippen molar-refractivity contribution in [1.29, 1.82) is 0 Å². The number of aromatic amines is 1. The van der Waals surface area contributed by atoms with Crippen molar-refractivity contribution >= 4 is 22.6 Å². The molecule has 0 amide bonds. The number of hydrogen-bond donors (Lipinski definition) is 2. The molecule has 0 bridgehead atoms. The summed E-state index contributed by atoms with van der Waals surface area (Å²) < 4.78 is 36.9. The molecule has 1 unspecified atom stereocenters. The fourth-order valence-corrected chi connectivity index (χ4v) is 1.60. The number of aliphatic hydroxyl groups is 1. The van der Waals surface area contributed by atoms with Gasteiger partial charge >= 0.3 is 6.18 Å². The first-order valence-corrected chi connectivity index (χ1v) is 5.07. The summed E-state index contributed by atoms with van der Waals surface area (Å²) in [6.45, 7) is 1.72. The average Bonchev–Trinajstić information content (AvgIpc) is 2.59. The van der Waals surface area contributed by atoms with E-state index in [9.17, 15) is 13.2 Å². The van der Waals surface area contributed by atoms with E-state index in [-0.39, 0.29) is 0 Å². The van der Waals surface area contributed by atoms with Crippen LogP contribution in [0, 0.1) is 6.92 Å². The van der Waals surface area contributed by atoms with E-state index in [2.05, 4.69) is 9.97 Å². The van der Waals surface area contributed by atoms with E-state index >= 15 is 0 Å². The van der Waals surface area contributed by atoms with Crippen LogP contribution in [0.25, 0.3) is 11.0 Å². The Morgan fingerprint density at radius 2 is 2.06 bits per heavy atom. The summed E-state index contributed by atoms with van der Waals surface area (Å²) in [4.78, 5) is 6.10. The monoisotopic (exact) mass is 264 g/mol. The minimum Gasteiger partial charge on any atom is -0.377 e. The number of alkyl halides is 3. The van der Waals surface area contributed by atoms with E-state index < -0.39 is 18.1 Å². The van der Waals surface area contributed by atoms with Crippen LogP contribution in [-0.4, -0.2) is 21.3 Å². The molecule has 1 aromatic heterocycles. The molecule has 17 heavy (non-hydrogen) atoms. The molecule has 7 heteroatoms. The summed E-state index contributed by atoms with van der Waals surface area (Å²) >= 11 is 5.83. The number of hydrogen-bond acceptors (Lipinski definition) is 2. The lowest BCUT2D eigenvalue weighted by Gasteiger charge is -2.10. The maximum Gasteiger partial charge on any atom is 0.421 e. The Bertz CT molecular complexity index is 525. The van der Waals surface area contributed by atoms with Crippen LogP contribution in [0.3, 0.4) is 0 Å². The van der Waals surface area contributed by atoms with Gasteiger partial charge in [0.05, 0.1) is 11.0 Å². The first-order chi connectivity index (χ1) is 7.79. The van der Waals surface area contributed by atoms with Crippen LogP contribution < -0.4 is 0 Å². The maximum atomic E-state index is 12.3. The van der Waals surface area contributed by atoms with E-state index in [1.54, 1.807) is 13.0 Å². The van der Waals surface area contributed by atoms with Gasteiger partial charge in [0.1, 0.15) is 5.82 Å². The van der Waals surface area contributed by atoms with E-state index in [0.717, 1.165) is 5.56 Å². The zero-order valence-electron chi connectivity index (χ0n) is 8.64. The van der Waals surface area contributed by atoms with Gasteiger partial charge in [0.15, 0.2) is 0 Å². The second-order valence-corrected chi connectivity index (χ2v) is 4.09. The highest BCUT2D eigenvalue weighted by atomic mass is 35.5. The Labute approximate surface area is 99.2 Å². The second kappa shape index (κ2) is 3.89. The molecule has 0 aliphatic rings. The number of nitrogens with one attached hydrogen (secondary N) is 1.